The van der Waals surface area contributed by atoms with E-state index in [0.717, 1.165) is 83.7 Å². The summed E-state index contributed by atoms with van der Waals surface area (Å²) >= 11 is 0. The van der Waals surface area contributed by atoms with Gasteiger partial charge in [0, 0.05) is 18.7 Å². The van der Waals surface area contributed by atoms with Gasteiger partial charge in [0.05, 0.1) is 41.8 Å². The van der Waals surface area contributed by atoms with Crippen LogP contribution in [0.3, 0.4) is 0 Å². The van der Waals surface area contributed by atoms with Gasteiger partial charge in [-0.05, 0) is 80.1 Å². The second kappa shape index (κ2) is 15.7. The van der Waals surface area contributed by atoms with Gasteiger partial charge in [0.15, 0.2) is 0 Å². The summed E-state index contributed by atoms with van der Waals surface area (Å²) in [6, 6.07) is 32.6. The zero-order valence-corrected chi connectivity index (χ0v) is 32.2. The Morgan fingerprint density at radius 1 is 0.821 bits per heavy atom. The van der Waals surface area contributed by atoms with Crippen LogP contribution in [-0.2, 0) is 21.5 Å². The number of rotatable bonds is 13. The molecule has 2 N–H and O–H groups in total. The largest absolute Gasteiger partial charge is 0.341 e. The number of imidazole rings is 2. The third kappa shape index (κ3) is 7.29. The number of hydrogen-bond donors (Lipinski definition) is 2. The minimum atomic E-state index is -0.740. The molecule has 0 bridgehead atoms. The Bertz CT molecular complexity index is 2290. The highest BCUT2D eigenvalue weighted by Gasteiger charge is 2.54. The number of H-pyrrole nitrogens is 2. The average molecular weight is 750 g/mol. The van der Waals surface area contributed by atoms with E-state index in [9.17, 15) is 14.0 Å². The first-order valence-electron chi connectivity index (χ1n) is 19.6. The molecule has 56 heavy (non-hydrogen) atoms. The number of halogens is 1. The van der Waals surface area contributed by atoms with E-state index in [1.54, 1.807) is 48.3 Å². The van der Waals surface area contributed by atoms with Crippen LogP contribution in [0.1, 0.15) is 73.9 Å². The molecule has 1 saturated heterocycles. The van der Waals surface area contributed by atoms with Crippen LogP contribution in [0.5, 0.6) is 0 Å². The van der Waals surface area contributed by atoms with E-state index >= 15 is 0 Å². The van der Waals surface area contributed by atoms with Crippen LogP contribution in [0.4, 0.5) is 4.39 Å². The molecular formula is C46H48FN7O2. The molecule has 2 aromatic heterocycles. The van der Waals surface area contributed by atoms with Crippen molar-refractivity contribution in [1.82, 2.24) is 34.6 Å². The van der Waals surface area contributed by atoms with Crippen molar-refractivity contribution in [3.63, 3.8) is 0 Å². The van der Waals surface area contributed by atoms with E-state index in [2.05, 4.69) is 80.5 Å². The first-order valence-corrected chi connectivity index (χ1v) is 19.6. The van der Waals surface area contributed by atoms with Crippen molar-refractivity contribution in [3.8, 4) is 33.6 Å². The second-order valence-electron chi connectivity index (χ2n) is 15.3. The molecule has 6 aromatic rings. The molecule has 4 aromatic carbocycles. The topological polar surface area (TPSA) is 101 Å². The number of hydrogen-bond acceptors (Lipinski definition) is 5. The summed E-state index contributed by atoms with van der Waals surface area (Å²) < 4.78 is 14.8. The number of likely N-dealkylation sites (tertiary alicyclic amines) is 1. The summed E-state index contributed by atoms with van der Waals surface area (Å²) in [4.78, 5) is 49.6. The summed E-state index contributed by atoms with van der Waals surface area (Å²) in [7, 11) is 3.59. The smallest absolute Gasteiger partial charge is 0.245 e. The van der Waals surface area contributed by atoms with Crippen molar-refractivity contribution in [2.75, 3.05) is 27.2 Å². The number of likely N-dealkylation sites (N-methyl/N-ethyl adjacent to an activating group) is 1. The molecular weight excluding hydrogens is 702 g/mol. The van der Waals surface area contributed by atoms with Crippen LogP contribution in [0.25, 0.3) is 33.6 Å². The van der Waals surface area contributed by atoms with E-state index in [4.69, 9.17) is 4.98 Å². The lowest BCUT2D eigenvalue weighted by Gasteiger charge is -2.30. The van der Waals surface area contributed by atoms with Crippen molar-refractivity contribution < 1.29 is 14.0 Å². The predicted octanol–water partition coefficient (Wildman–Crippen LogP) is 8.71. The summed E-state index contributed by atoms with van der Waals surface area (Å²) in [5.41, 5.74) is 7.09. The van der Waals surface area contributed by atoms with Crippen LogP contribution in [0, 0.1) is 5.82 Å². The van der Waals surface area contributed by atoms with Gasteiger partial charge in [0.25, 0.3) is 0 Å². The van der Waals surface area contributed by atoms with E-state index in [0.29, 0.717) is 24.5 Å². The maximum Gasteiger partial charge on any atom is 0.245 e. The van der Waals surface area contributed by atoms with Crippen molar-refractivity contribution >= 4 is 11.8 Å². The minimum absolute atomic E-state index is 0.0417. The van der Waals surface area contributed by atoms with Gasteiger partial charge in [0.1, 0.15) is 23.5 Å². The van der Waals surface area contributed by atoms with E-state index in [-0.39, 0.29) is 23.3 Å². The highest BCUT2D eigenvalue weighted by molar-refractivity contribution is 5.92. The molecule has 8 rings (SSSR count). The van der Waals surface area contributed by atoms with Crippen molar-refractivity contribution in [2.24, 2.45) is 0 Å². The average Bonchev–Trinajstić information content (AvgIpc) is 3.53. The van der Waals surface area contributed by atoms with Gasteiger partial charge >= 0.3 is 0 Å². The summed E-state index contributed by atoms with van der Waals surface area (Å²) in [5, 5.41) is 0. The van der Waals surface area contributed by atoms with Crippen molar-refractivity contribution in [2.45, 2.75) is 63.1 Å². The third-order valence-electron chi connectivity index (χ3n) is 11.4. The zero-order chi connectivity index (χ0) is 38.8. The second-order valence-corrected chi connectivity index (χ2v) is 15.3. The van der Waals surface area contributed by atoms with Crippen LogP contribution in [0.2, 0.25) is 0 Å². The highest BCUT2D eigenvalue weighted by Crippen LogP contribution is 2.51. The maximum absolute atomic E-state index is 14.8. The fourth-order valence-corrected chi connectivity index (χ4v) is 8.22. The third-order valence-corrected chi connectivity index (χ3v) is 11.4. The molecule has 9 nitrogen and oxygen atoms in total. The standard InChI is InChI=1S/C46H48FN7O2/c1-4-26-53(44(55)42(52(2)3)36-13-8-9-14-37(36)47)30-41-48-28-38(50-41)33-20-16-31(17-21-33)32-18-22-34(23-19-32)39-29-49-43(51-39)40-15-10-27-54(40)45(56)46(24-25-46)35-11-6-5-7-12-35/h5-9,11-14,16-23,28-29,40,42H,4,10,15,24-27,30H2,1-3H3,(H,48,50)(H,49,51)/t40-,42+/m0/s1. The van der Waals surface area contributed by atoms with Gasteiger partial charge in [0.2, 0.25) is 11.8 Å². The van der Waals surface area contributed by atoms with E-state index < -0.39 is 11.9 Å². The first kappa shape index (κ1) is 37.1. The Labute approximate surface area is 327 Å². The molecule has 2 aliphatic rings. The predicted molar refractivity (Wildman–Crippen MR) is 217 cm³/mol. The molecule has 10 heteroatoms. The number of carbonyl (C=O) groups excluding carboxylic acids is 2. The molecule has 2 amide bonds. The van der Waals surface area contributed by atoms with Crippen LogP contribution < -0.4 is 0 Å². The quantitative estimate of drug-likeness (QED) is 0.123. The number of aromatic nitrogens is 4. The number of aromatic amines is 2. The monoisotopic (exact) mass is 749 g/mol. The van der Waals surface area contributed by atoms with Crippen molar-refractivity contribution in [1.29, 1.82) is 0 Å². The van der Waals surface area contributed by atoms with E-state index in [1.165, 1.54) is 6.07 Å². The Morgan fingerprint density at radius 3 is 2.05 bits per heavy atom. The van der Waals surface area contributed by atoms with Gasteiger partial charge in [-0.15, -0.1) is 0 Å². The molecule has 1 aliphatic carbocycles. The molecule has 1 saturated carbocycles. The number of nitrogens with one attached hydrogen (secondary N) is 2. The Morgan fingerprint density at radius 2 is 1.43 bits per heavy atom. The SMILES string of the molecule is CCCN(Cc1ncc(-c2ccc(-c3ccc(-c4cnc([C@@H]5CCCN5C(=O)C5(c6ccccc6)CC5)[nH]4)cc3)cc2)[nH]1)C(=O)[C@@H](c1ccccc1F)N(C)C. The van der Waals surface area contributed by atoms with Gasteiger partial charge < -0.3 is 19.8 Å². The van der Waals surface area contributed by atoms with Gasteiger partial charge in [-0.25, -0.2) is 14.4 Å². The maximum atomic E-state index is 14.8. The van der Waals surface area contributed by atoms with Crippen molar-refractivity contribution in [3.05, 3.63) is 144 Å². The van der Waals surface area contributed by atoms with Crippen LogP contribution >= 0.6 is 0 Å². The van der Waals surface area contributed by atoms with Crippen LogP contribution in [0.15, 0.2) is 116 Å². The minimum Gasteiger partial charge on any atom is -0.341 e. The Kier molecular flexibility index (Phi) is 10.4. The van der Waals surface area contributed by atoms with Crippen LogP contribution in [-0.4, -0.2) is 73.6 Å². The number of nitrogens with zero attached hydrogens (tertiary/aromatic N) is 5. The summed E-state index contributed by atoms with van der Waals surface area (Å²) in [5.74, 6) is 1.19. The number of amides is 2. The number of benzene rings is 4. The normalized spacial score (nSPS) is 16.6. The molecule has 0 spiro atoms. The first-order chi connectivity index (χ1) is 27.3. The lowest BCUT2D eigenvalue weighted by Crippen LogP contribution is -2.41. The lowest BCUT2D eigenvalue weighted by atomic mass is 9.94. The fourth-order valence-electron chi connectivity index (χ4n) is 8.22. The Balaban J connectivity index is 0.920. The van der Waals surface area contributed by atoms with Gasteiger partial charge in [-0.1, -0.05) is 104 Å². The molecule has 286 valence electrons. The number of carbonyl (C=O) groups is 2. The zero-order valence-electron chi connectivity index (χ0n) is 32.2. The molecule has 3 heterocycles. The molecule has 2 fully saturated rings. The van der Waals surface area contributed by atoms with Gasteiger partial charge in [-0.3, -0.25) is 14.5 Å². The lowest BCUT2D eigenvalue weighted by molar-refractivity contribution is -0.137. The van der Waals surface area contributed by atoms with E-state index in [1.807, 2.05) is 31.3 Å². The summed E-state index contributed by atoms with van der Waals surface area (Å²) in [6.07, 6.45) is 8.12. The Hall–Kier alpha value is -5.87. The van der Waals surface area contributed by atoms with Gasteiger partial charge in [-0.2, -0.15) is 0 Å². The molecule has 1 aliphatic heterocycles. The molecule has 2 atom stereocenters. The summed E-state index contributed by atoms with van der Waals surface area (Å²) in [6.45, 7) is 3.60. The fraction of sp³-hybridized carbons (Fsp3) is 0.304. The molecule has 0 unspecified atom stereocenters. The highest BCUT2D eigenvalue weighted by atomic mass is 19.1. The molecule has 0 radical (unpaired) electrons.